The lowest BCUT2D eigenvalue weighted by Crippen LogP contribution is -2.54. The Labute approximate surface area is 402 Å². The number of nitrogens with zero attached hydrogens (tertiary/aromatic N) is 3. The van der Waals surface area contributed by atoms with Gasteiger partial charge in [-0.25, -0.2) is 0 Å². The van der Waals surface area contributed by atoms with Gasteiger partial charge in [-0.15, -0.1) is 0 Å². The SMILES string of the molecule is CC[C@H](C)[C@@H]([C@@H](CC(=O)N1CCC[C@H]1[C@H](OC)[C@@H](C)C(=O)C[C@H](/C=C/c1ccc(S(=O)(=O)O)cc1)Cc1ccccc1)OC)N(C)C(=O)[C@@H](CC(=O)[C@H](C(C)C)N(C)CCCC(C)=O)C(C)C. The van der Waals surface area contributed by atoms with Crippen molar-refractivity contribution < 1.29 is 46.4 Å². The molecule has 1 aliphatic heterocycles. The molecule has 13 nitrogen and oxygen atoms in total. The monoisotopic (exact) mass is 952 g/mol. The van der Waals surface area contributed by atoms with Crippen molar-refractivity contribution in [3.05, 3.63) is 71.8 Å². The molecule has 67 heavy (non-hydrogen) atoms. The van der Waals surface area contributed by atoms with Gasteiger partial charge in [-0.3, -0.25) is 28.6 Å². The Morgan fingerprint density at radius 2 is 1.51 bits per heavy atom. The number of likely N-dealkylation sites (N-methyl/N-ethyl adjacent to an activating group) is 2. The van der Waals surface area contributed by atoms with Gasteiger partial charge in [0.05, 0.1) is 41.6 Å². The van der Waals surface area contributed by atoms with Crippen LogP contribution in [0.4, 0.5) is 0 Å². The number of carbonyl (C=O) groups is 5. The fourth-order valence-corrected chi connectivity index (χ4v) is 10.4. The van der Waals surface area contributed by atoms with E-state index in [0.29, 0.717) is 44.3 Å². The molecule has 2 aromatic carbocycles. The normalized spacial score (nSPS) is 18.1. The molecule has 0 spiro atoms. The summed E-state index contributed by atoms with van der Waals surface area (Å²) in [5, 5.41) is 0. The average molecular weight is 952 g/mol. The molecule has 0 radical (unpaired) electrons. The van der Waals surface area contributed by atoms with E-state index >= 15 is 0 Å². The van der Waals surface area contributed by atoms with Gasteiger partial charge in [0.15, 0.2) is 5.78 Å². The smallest absolute Gasteiger partial charge is 0.294 e. The second-order valence-corrected chi connectivity index (χ2v) is 21.0. The first-order valence-corrected chi connectivity index (χ1v) is 25.7. The van der Waals surface area contributed by atoms with E-state index in [1.165, 1.54) is 12.1 Å². The van der Waals surface area contributed by atoms with E-state index in [1.807, 2.05) is 101 Å². The summed E-state index contributed by atoms with van der Waals surface area (Å²) in [6.45, 7) is 16.6. The van der Waals surface area contributed by atoms with E-state index in [4.69, 9.17) is 9.47 Å². The van der Waals surface area contributed by atoms with E-state index in [-0.39, 0.29) is 83.0 Å². The van der Waals surface area contributed by atoms with Crippen molar-refractivity contribution in [2.24, 2.45) is 35.5 Å². The van der Waals surface area contributed by atoms with Crippen molar-refractivity contribution in [1.82, 2.24) is 14.7 Å². The molecule has 0 saturated carbocycles. The molecular formula is C53H81N3O10S. The standard InChI is InChI=1S/C53H81N3O10S/c1-13-37(6)51(55(10)53(61)44(35(2)3)33-47(59)50(36(4)5)54(9)29-17-19-38(7)57)48(65-11)34-49(60)56-30-18-22-45(56)52(66-12)39(8)46(58)32-42(31-41-20-15-14-16-21-41)24-23-40-25-27-43(28-26-40)67(62,63)64/h14-16,20-21,23-28,35-37,39,42,44-45,48,50-52H,13,17-19,22,29-34H2,1-12H3,(H,62,63,64)/b24-23+/t37-,39-,42+,44-,45-,48+,50-,51-,52+/m0/s1. The van der Waals surface area contributed by atoms with Crippen molar-refractivity contribution in [3.8, 4) is 0 Å². The Bertz CT molecular complexity index is 2040. The molecule has 1 fully saturated rings. The highest BCUT2D eigenvalue weighted by Crippen LogP contribution is 2.32. The molecule has 1 heterocycles. The van der Waals surface area contributed by atoms with Crippen LogP contribution in [0.2, 0.25) is 0 Å². The number of rotatable bonds is 29. The number of hydrogen-bond acceptors (Lipinski definition) is 10. The Morgan fingerprint density at radius 3 is 2.04 bits per heavy atom. The fourth-order valence-electron chi connectivity index (χ4n) is 9.96. The number of Topliss-reactive ketones (excluding diaryl/α,β-unsaturated/α-hetero) is 3. The van der Waals surface area contributed by atoms with Crippen LogP contribution >= 0.6 is 0 Å². The van der Waals surface area contributed by atoms with Crippen LogP contribution in [0.25, 0.3) is 6.08 Å². The Hall–Kier alpha value is -4.08. The third-order valence-corrected chi connectivity index (χ3v) is 14.8. The maximum Gasteiger partial charge on any atom is 0.294 e. The molecular weight excluding hydrogens is 871 g/mol. The minimum absolute atomic E-state index is 0.00525. The number of allylic oxidation sites excluding steroid dienone is 1. The van der Waals surface area contributed by atoms with Gasteiger partial charge >= 0.3 is 0 Å². The number of hydrogen-bond donors (Lipinski definition) is 1. The van der Waals surface area contributed by atoms with Crippen molar-refractivity contribution in [2.75, 3.05) is 41.4 Å². The van der Waals surface area contributed by atoms with Crippen LogP contribution in [0.5, 0.6) is 0 Å². The highest BCUT2D eigenvalue weighted by atomic mass is 32.2. The van der Waals surface area contributed by atoms with Gasteiger partial charge in [0, 0.05) is 58.9 Å². The van der Waals surface area contributed by atoms with Crippen molar-refractivity contribution >= 4 is 45.4 Å². The number of likely N-dealkylation sites (tertiary alicyclic amines) is 1. The lowest BCUT2D eigenvalue weighted by molar-refractivity contribution is -0.149. The number of amides is 2. The molecule has 1 aliphatic rings. The zero-order valence-corrected chi connectivity index (χ0v) is 43.2. The van der Waals surface area contributed by atoms with Crippen LogP contribution in [-0.2, 0) is 50.0 Å². The molecule has 2 aromatic rings. The third kappa shape index (κ3) is 16.8. The maximum absolute atomic E-state index is 14.6. The fraction of sp³-hybridized carbons (Fsp3) is 0.642. The second-order valence-electron chi connectivity index (χ2n) is 19.6. The highest BCUT2D eigenvalue weighted by Gasteiger charge is 2.43. The zero-order chi connectivity index (χ0) is 50.2. The van der Waals surface area contributed by atoms with Crippen LogP contribution in [-0.4, -0.2) is 129 Å². The number of methoxy groups -OCH3 is 2. The van der Waals surface area contributed by atoms with Gasteiger partial charge in [-0.2, -0.15) is 8.42 Å². The number of carbonyl (C=O) groups excluding carboxylic acids is 5. The van der Waals surface area contributed by atoms with Crippen LogP contribution < -0.4 is 0 Å². The van der Waals surface area contributed by atoms with Crippen LogP contribution in [0.15, 0.2) is 65.6 Å². The molecule has 14 heteroatoms. The van der Waals surface area contributed by atoms with Crippen molar-refractivity contribution in [1.29, 1.82) is 0 Å². The summed E-state index contributed by atoms with van der Waals surface area (Å²) in [6, 6.07) is 14.5. The predicted octanol–water partition coefficient (Wildman–Crippen LogP) is 8.24. The zero-order valence-electron chi connectivity index (χ0n) is 42.4. The largest absolute Gasteiger partial charge is 0.379 e. The van der Waals surface area contributed by atoms with Gasteiger partial charge < -0.3 is 24.1 Å². The molecule has 1 N–H and O–H groups in total. The predicted molar refractivity (Wildman–Crippen MR) is 264 cm³/mol. The molecule has 0 aliphatic carbocycles. The lowest BCUT2D eigenvalue weighted by atomic mass is 9.83. The molecule has 1 saturated heterocycles. The first-order valence-electron chi connectivity index (χ1n) is 24.2. The summed E-state index contributed by atoms with van der Waals surface area (Å²) in [5.74, 6) is -1.71. The van der Waals surface area contributed by atoms with Gasteiger partial charge in [0.1, 0.15) is 11.6 Å². The van der Waals surface area contributed by atoms with Crippen LogP contribution in [0.1, 0.15) is 118 Å². The molecule has 9 atom stereocenters. The molecule has 0 aromatic heterocycles. The molecule has 2 amide bonds. The summed E-state index contributed by atoms with van der Waals surface area (Å²) >= 11 is 0. The van der Waals surface area contributed by atoms with Crippen LogP contribution in [0.3, 0.4) is 0 Å². The van der Waals surface area contributed by atoms with E-state index in [0.717, 1.165) is 18.4 Å². The van der Waals surface area contributed by atoms with Crippen molar-refractivity contribution in [2.45, 2.75) is 148 Å². The van der Waals surface area contributed by atoms with Gasteiger partial charge in [-0.1, -0.05) is 110 Å². The summed E-state index contributed by atoms with van der Waals surface area (Å²) in [6.07, 6.45) is 6.70. The maximum atomic E-state index is 14.6. The van der Waals surface area contributed by atoms with E-state index in [9.17, 15) is 36.9 Å². The highest BCUT2D eigenvalue weighted by molar-refractivity contribution is 7.85. The van der Waals surface area contributed by atoms with Crippen molar-refractivity contribution in [3.63, 3.8) is 0 Å². The summed E-state index contributed by atoms with van der Waals surface area (Å²) in [5.41, 5.74) is 1.77. The van der Waals surface area contributed by atoms with Crippen LogP contribution in [0, 0.1) is 35.5 Å². The average Bonchev–Trinajstić information content (AvgIpc) is 3.76. The minimum Gasteiger partial charge on any atom is -0.379 e. The summed E-state index contributed by atoms with van der Waals surface area (Å²) in [4.78, 5) is 74.3. The Balaban J connectivity index is 1.81. The molecule has 3 rings (SSSR count). The molecule has 0 bridgehead atoms. The Morgan fingerprint density at radius 1 is 0.866 bits per heavy atom. The first-order chi connectivity index (χ1) is 31.5. The number of ketones is 3. The van der Waals surface area contributed by atoms with E-state index < -0.39 is 46.2 Å². The van der Waals surface area contributed by atoms with Gasteiger partial charge in [-0.05, 0) is 93.1 Å². The van der Waals surface area contributed by atoms with Gasteiger partial charge in [0.25, 0.3) is 10.1 Å². The number of benzene rings is 2. The minimum atomic E-state index is -4.33. The van der Waals surface area contributed by atoms with Gasteiger partial charge in [0.2, 0.25) is 11.8 Å². The summed E-state index contributed by atoms with van der Waals surface area (Å²) in [7, 11) is 2.49. The molecule has 0 unspecified atom stereocenters. The van der Waals surface area contributed by atoms with E-state index in [2.05, 4.69) is 6.92 Å². The second kappa shape index (κ2) is 27.2. The third-order valence-electron chi connectivity index (χ3n) is 13.9. The van der Waals surface area contributed by atoms with E-state index in [1.54, 1.807) is 45.2 Å². The first kappa shape index (κ1) is 57.2. The topological polar surface area (TPSA) is 168 Å². The quantitative estimate of drug-likeness (QED) is 0.0780. The lowest BCUT2D eigenvalue weighted by Gasteiger charge is -2.41. The summed E-state index contributed by atoms with van der Waals surface area (Å²) < 4.78 is 44.8. The molecule has 374 valence electrons. The number of ether oxygens (including phenoxy) is 2. The Kier molecular flexibility index (Phi) is 23.2.